The summed E-state index contributed by atoms with van der Waals surface area (Å²) in [5, 5.41) is 8.32. The predicted octanol–water partition coefficient (Wildman–Crippen LogP) is 2.56. The molecule has 0 saturated heterocycles. The Bertz CT molecular complexity index is 900. The van der Waals surface area contributed by atoms with E-state index in [2.05, 4.69) is 28.2 Å². The molecule has 0 spiro atoms. The summed E-state index contributed by atoms with van der Waals surface area (Å²) in [6, 6.07) is 11.6. The van der Waals surface area contributed by atoms with Crippen LogP contribution in [0.15, 0.2) is 48.8 Å². The van der Waals surface area contributed by atoms with E-state index in [1.807, 2.05) is 40.8 Å². The molecule has 4 rings (SSSR count). The first-order valence-corrected chi connectivity index (χ1v) is 7.90. The predicted molar refractivity (Wildman–Crippen MR) is 90.3 cm³/mol. The number of para-hydroxylation sites is 1. The van der Waals surface area contributed by atoms with Gasteiger partial charge in [0.05, 0.1) is 0 Å². The van der Waals surface area contributed by atoms with Gasteiger partial charge in [-0.3, -0.25) is 9.36 Å². The van der Waals surface area contributed by atoms with Crippen LogP contribution in [0.3, 0.4) is 0 Å². The Morgan fingerprint density at radius 2 is 2.00 bits per heavy atom. The van der Waals surface area contributed by atoms with Crippen LogP contribution in [0.25, 0.3) is 5.82 Å². The van der Waals surface area contributed by atoms with E-state index in [9.17, 15) is 4.79 Å². The molecule has 0 N–H and O–H groups in total. The van der Waals surface area contributed by atoms with Crippen molar-refractivity contribution >= 4 is 11.6 Å². The average molecular weight is 319 g/mol. The van der Waals surface area contributed by atoms with Crippen LogP contribution in [0.1, 0.15) is 28.8 Å². The Morgan fingerprint density at radius 3 is 2.71 bits per heavy atom. The molecule has 1 atom stereocenters. The number of benzene rings is 1. The number of carbonyl (C=O) groups excluding carboxylic acids is 1. The van der Waals surface area contributed by atoms with E-state index in [-0.39, 0.29) is 11.9 Å². The number of amides is 1. The fourth-order valence-corrected chi connectivity index (χ4v) is 3.19. The summed E-state index contributed by atoms with van der Waals surface area (Å²) in [4.78, 5) is 18.9. The number of carbonyl (C=O) groups is 1. The second-order valence-corrected chi connectivity index (χ2v) is 5.98. The minimum Gasteiger partial charge on any atom is -0.304 e. The minimum absolute atomic E-state index is 0.117. The number of aromatic nitrogens is 4. The normalized spacial score (nSPS) is 16.2. The van der Waals surface area contributed by atoms with Crippen LogP contribution in [-0.2, 0) is 6.42 Å². The van der Waals surface area contributed by atoms with Gasteiger partial charge in [0.2, 0.25) is 0 Å². The van der Waals surface area contributed by atoms with Crippen LogP contribution < -0.4 is 4.90 Å². The first-order valence-electron chi connectivity index (χ1n) is 7.90. The number of aryl methyl sites for hydroxylation is 1. The van der Waals surface area contributed by atoms with Crippen LogP contribution in [0, 0.1) is 6.92 Å². The van der Waals surface area contributed by atoms with Crippen molar-refractivity contribution in [3.8, 4) is 5.82 Å². The summed E-state index contributed by atoms with van der Waals surface area (Å²) >= 11 is 0. The third-order valence-electron chi connectivity index (χ3n) is 4.37. The van der Waals surface area contributed by atoms with Crippen molar-refractivity contribution in [3.63, 3.8) is 0 Å². The molecule has 6 heteroatoms. The fraction of sp³-hybridized carbons (Fsp3) is 0.222. The molecule has 1 aliphatic rings. The quantitative estimate of drug-likeness (QED) is 0.728. The molecule has 1 amide bonds. The van der Waals surface area contributed by atoms with E-state index in [0.29, 0.717) is 11.5 Å². The Labute approximate surface area is 139 Å². The van der Waals surface area contributed by atoms with Crippen LogP contribution in [0.2, 0.25) is 0 Å². The Hall–Kier alpha value is -3.02. The maximum Gasteiger partial charge on any atom is 0.279 e. The first-order chi connectivity index (χ1) is 11.6. The number of nitrogens with zero attached hydrogens (tertiary/aromatic N) is 5. The number of rotatable bonds is 2. The Kier molecular flexibility index (Phi) is 3.37. The molecule has 0 bridgehead atoms. The molecule has 0 radical (unpaired) electrons. The highest BCUT2D eigenvalue weighted by Gasteiger charge is 2.32. The van der Waals surface area contributed by atoms with Gasteiger partial charge in [0, 0.05) is 24.1 Å². The lowest BCUT2D eigenvalue weighted by Crippen LogP contribution is -2.36. The van der Waals surface area contributed by atoms with Crippen molar-refractivity contribution in [1.82, 2.24) is 19.7 Å². The molecule has 6 nitrogen and oxygen atoms in total. The van der Waals surface area contributed by atoms with Gasteiger partial charge < -0.3 is 4.90 Å². The molecule has 120 valence electrons. The van der Waals surface area contributed by atoms with Gasteiger partial charge in [0.15, 0.2) is 11.5 Å². The third kappa shape index (κ3) is 2.27. The molecule has 3 heterocycles. The number of anilines is 1. The lowest BCUT2D eigenvalue weighted by atomic mass is 10.1. The monoisotopic (exact) mass is 319 g/mol. The van der Waals surface area contributed by atoms with Crippen molar-refractivity contribution in [2.24, 2.45) is 0 Å². The van der Waals surface area contributed by atoms with Gasteiger partial charge in [-0.1, -0.05) is 18.2 Å². The molecular weight excluding hydrogens is 302 g/mol. The van der Waals surface area contributed by atoms with Crippen LogP contribution in [-0.4, -0.2) is 31.7 Å². The highest BCUT2D eigenvalue weighted by molar-refractivity contribution is 6.06. The van der Waals surface area contributed by atoms with Crippen molar-refractivity contribution in [1.29, 1.82) is 0 Å². The summed E-state index contributed by atoms with van der Waals surface area (Å²) in [5.74, 6) is 1.36. The Morgan fingerprint density at radius 1 is 1.17 bits per heavy atom. The van der Waals surface area contributed by atoms with Crippen LogP contribution in [0.4, 0.5) is 5.69 Å². The SMILES string of the molecule is Cc1nccn1-c1ccc(C(=O)N2c3ccccc3CC2C)nn1. The molecule has 1 aliphatic heterocycles. The van der Waals surface area contributed by atoms with Crippen LogP contribution in [0.5, 0.6) is 0 Å². The largest absolute Gasteiger partial charge is 0.304 e. The maximum atomic E-state index is 12.9. The highest BCUT2D eigenvalue weighted by Crippen LogP contribution is 2.32. The van der Waals surface area contributed by atoms with E-state index < -0.39 is 0 Å². The molecule has 1 unspecified atom stereocenters. The number of hydrogen-bond donors (Lipinski definition) is 0. The van der Waals surface area contributed by atoms with Gasteiger partial charge in [0.25, 0.3) is 5.91 Å². The smallest absolute Gasteiger partial charge is 0.279 e. The number of hydrogen-bond acceptors (Lipinski definition) is 4. The van der Waals surface area contributed by atoms with E-state index >= 15 is 0 Å². The summed E-state index contributed by atoms with van der Waals surface area (Å²) in [5.41, 5.74) is 2.50. The molecule has 24 heavy (non-hydrogen) atoms. The number of fused-ring (bicyclic) bond motifs is 1. The van der Waals surface area contributed by atoms with Gasteiger partial charge in [-0.15, -0.1) is 10.2 Å². The van der Waals surface area contributed by atoms with Crippen molar-refractivity contribution < 1.29 is 4.79 Å². The molecule has 1 aromatic carbocycles. The third-order valence-corrected chi connectivity index (χ3v) is 4.37. The summed E-state index contributed by atoms with van der Waals surface area (Å²) in [6.45, 7) is 3.94. The van der Waals surface area contributed by atoms with Crippen molar-refractivity contribution in [3.05, 3.63) is 65.9 Å². The second-order valence-electron chi connectivity index (χ2n) is 5.98. The summed E-state index contributed by atoms with van der Waals surface area (Å²) in [6.07, 6.45) is 4.39. The van der Waals surface area contributed by atoms with Crippen molar-refractivity contribution in [2.45, 2.75) is 26.3 Å². The molecule has 0 fully saturated rings. The van der Waals surface area contributed by atoms with Gasteiger partial charge in [0.1, 0.15) is 5.82 Å². The number of imidazole rings is 1. The lowest BCUT2D eigenvalue weighted by molar-refractivity contribution is 0.0975. The van der Waals surface area contributed by atoms with Gasteiger partial charge in [-0.05, 0) is 44.0 Å². The van der Waals surface area contributed by atoms with Crippen LogP contribution >= 0.6 is 0 Å². The van der Waals surface area contributed by atoms with E-state index in [1.165, 1.54) is 5.56 Å². The standard InChI is InChI=1S/C18H17N5O/c1-12-11-14-5-3-4-6-16(14)23(12)18(24)15-7-8-17(21-20-15)22-10-9-19-13(22)2/h3-10,12H,11H2,1-2H3. The first kappa shape index (κ1) is 14.6. The van der Waals surface area contributed by atoms with Gasteiger partial charge >= 0.3 is 0 Å². The molecule has 2 aromatic heterocycles. The lowest BCUT2D eigenvalue weighted by Gasteiger charge is -2.22. The summed E-state index contributed by atoms with van der Waals surface area (Å²) in [7, 11) is 0. The zero-order valence-corrected chi connectivity index (χ0v) is 13.5. The second kappa shape index (κ2) is 5.56. The fourth-order valence-electron chi connectivity index (χ4n) is 3.19. The average Bonchev–Trinajstić information content (AvgIpc) is 3.16. The molecule has 3 aromatic rings. The van der Waals surface area contributed by atoms with E-state index in [4.69, 9.17) is 0 Å². The summed E-state index contributed by atoms with van der Waals surface area (Å²) < 4.78 is 1.83. The topological polar surface area (TPSA) is 63.9 Å². The zero-order valence-electron chi connectivity index (χ0n) is 13.5. The van der Waals surface area contributed by atoms with Gasteiger partial charge in [-0.25, -0.2) is 4.98 Å². The van der Waals surface area contributed by atoms with Gasteiger partial charge in [-0.2, -0.15) is 0 Å². The maximum absolute atomic E-state index is 12.9. The molecule has 0 aliphatic carbocycles. The Balaban J connectivity index is 1.65. The highest BCUT2D eigenvalue weighted by atomic mass is 16.2. The van der Waals surface area contributed by atoms with E-state index in [1.54, 1.807) is 18.3 Å². The van der Waals surface area contributed by atoms with Crippen molar-refractivity contribution in [2.75, 3.05) is 4.90 Å². The van der Waals surface area contributed by atoms with E-state index in [0.717, 1.165) is 17.9 Å². The molecule has 0 saturated carbocycles. The molecular formula is C18H17N5O. The zero-order chi connectivity index (χ0) is 16.7. The minimum atomic E-state index is -0.117.